The molecule has 0 atom stereocenters. The van der Waals surface area contributed by atoms with Crippen LogP contribution < -0.4 is 0 Å². The zero-order chi connectivity index (χ0) is 9.42. The molecule has 0 amide bonds. The summed E-state index contributed by atoms with van der Waals surface area (Å²) in [6.45, 7) is 7.63. The van der Waals surface area contributed by atoms with E-state index in [4.69, 9.17) is 0 Å². The van der Waals surface area contributed by atoms with Gasteiger partial charge in [0.2, 0.25) is 0 Å². The van der Waals surface area contributed by atoms with E-state index in [-0.39, 0.29) is 0 Å². The molecule has 3 heteroatoms. The lowest BCUT2D eigenvalue weighted by molar-refractivity contribution is 0.340. The third kappa shape index (κ3) is 1.48. The number of imidazole rings is 1. The maximum absolute atomic E-state index is 4.58. The molecule has 2 rings (SSSR count). The van der Waals surface area contributed by atoms with Crippen LogP contribution >= 0.6 is 0 Å². The summed E-state index contributed by atoms with van der Waals surface area (Å²) in [6, 6.07) is 0. The number of aromatic nitrogens is 2. The van der Waals surface area contributed by atoms with Crippen LogP contribution in [0.2, 0.25) is 0 Å². The molecule has 0 spiro atoms. The molecular formula is C10H17N3. The minimum Gasteiger partial charge on any atom is -0.331 e. The SMILES string of the molecule is Cc1nc2n(c1C)CCN(C)CC2. The van der Waals surface area contributed by atoms with Crippen molar-refractivity contribution < 1.29 is 0 Å². The van der Waals surface area contributed by atoms with Crippen LogP contribution in [0.3, 0.4) is 0 Å². The number of hydrogen-bond donors (Lipinski definition) is 0. The highest BCUT2D eigenvalue weighted by atomic mass is 15.2. The van der Waals surface area contributed by atoms with Crippen molar-refractivity contribution in [3.63, 3.8) is 0 Å². The number of fused-ring (bicyclic) bond motifs is 1. The number of rotatable bonds is 0. The van der Waals surface area contributed by atoms with Gasteiger partial charge in [0, 0.05) is 31.7 Å². The summed E-state index contributed by atoms with van der Waals surface area (Å²) in [6.07, 6.45) is 1.09. The van der Waals surface area contributed by atoms with E-state index in [0.717, 1.165) is 26.1 Å². The minimum atomic E-state index is 1.09. The molecule has 1 aliphatic rings. The van der Waals surface area contributed by atoms with Crippen molar-refractivity contribution in [2.45, 2.75) is 26.8 Å². The van der Waals surface area contributed by atoms with Gasteiger partial charge in [-0.3, -0.25) is 0 Å². The van der Waals surface area contributed by atoms with Gasteiger partial charge in [-0.15, -0.1) is 0 Å². The second kappa shape index (κ2) is 3.14. The molecule has 1 aliphatic heterocycles. The predicted octanol–water partition coefficient (Wildman–Crippen LogP) is 0.988. The minimum absolute atomic E-state index is 1.09. The van der Waals surface area contributed by atoms with E-state index in [0.29, 0.717) is 0 Å². The molecule has 3 nitrogen and oxygen atoms in total. The maximum Gasteiger partial charge on any atom is 0.110 e. The van der Waals surface area contributed by atoms with Gasteiger partial charge in [-0.05, 0) is 20.9 Å². The van der Waals surface area contributed by atoms with Gasteiger partial charge < -0.3 is 9.47 Å². The largest absolute Gasteiger partial charge is 0.331 e. The van der Waals surface area contributed by atoms with Crippen LogP contribution in [0, 0.1) is 13.8 Å². The first-order valence-corrected chi connectivity index (χ1v) is 4.89. The van der Waals surface area contributed by atoms with Crippen molar-refractivity contribution in [1.82, 2.24) is 14.5 Å². The third-order valence-electron chi connectivity index (χ3n) is 2.96. The molecule has 1 aromatic heterocycles. The molecule has 0 aromatic carbocycles. The van der Waals surface area contributed by atoms with Crippen LogP contribution in [0.4, 0.5) is 0 Å². The Kier molecular flexibility index (Phi) is 2.12. The predicted molar refractivity (Wildman–Crippen MR) is 52.9 cm³/mol. The summed E-state index contributed by atoms with van der Waals surface area (Å²) in [5.74, 6) is 1.26. The van der Waals surface area contributed by atoms with Gasteiger partial charge in [0.15, 0.2) is 0 Å². The molecule has 1 aromatic rings. The van der Waals surface area contributed by atoms with Crippen molar-refractivity contribution in [3.8, 4) is 0 Å². The summed E-state index contributed by atoms with van der Waals surface area (Å²) in [7, 11) is 2.18. The Balaban J connectivity index is 2.34. The highest BCUT2D eigenvalue weighted by Gasteiger charge is 2.15. The van der Waals surface area contributed by atoms with Gasteiger partial charge >= 0.3 is 0 Å². The van der Waals surface area contributed by atoms with Crippen LogP contribution in [-0.4, -0.2) is 34.6 Å². The third-order valence-corrected chi connectivity index (χ3v) is 2.96. The summed E-state index contributed by atoms with van der Waals surface area (Å²) >= 11 is 0. The molecule has 0 N–H and O–H groups in total. The first-order valence-electron chi connectivity index (χ1n) is 4.89. The van der Waals surface area contributed by atoms with Crippen LogP contribution in [0.25, 0.3) is 0 Å². The lowest BCUT2D eigenvalue weighted by Gasteiger charge is -2.11. The van der Waals surface area contributed by atoms with Crippen LogP contribution in [0.15, 0.2) is 0 Å². The quantitative estimate of drug-likeness (QED) is 0.592. The van der Waals surface area contributed by atoms with E-state index >= 15 is 0 Å². The fourth-order valence-corrected chi connectivity index (χ4v) is 1.88. The van der Waals surface area contributed by atoms with Crippen molar-refractivity contribution in [2.75, 3.05) is 20.1 Å². The van der Waals surface area contributed by atoms with Gasteiger partial charge in [-0.25, -0.2) is 4.98 Å². The summed E-state index contributed by atoms with van der Waals surface area (Å²) < 4.78 is 2.36. The van der Waals surface area contributed by atoms with Gasteiger partial charge in [-0.2, -0.15) is 0 Å². The Morgan fingerprint density at radius 3 is 2.69 bits per heavy atom. The smallest absolute Gasteiger partial charge is 0.110 e. The van der Waals surface area contributed by atoms with Crippen LogP contribution in [0.5, 0.6) is 0 Å². The van der Waals surface area contributed by atoms with Crippen molar-refractivity contribution in [3.05, 3.63) is 17.2 Å². The summed E-state index contributed by atoms with van der Waals surface area (Å²) in [4.78, 5) is 6.95. The number of likely N-dealkylation sites (N-methyl/N-ethyl adjacent to an activating group) is 1. The second-order valence-corrected chi connectivity index (χ2v) is 3.90. The molecule has 0 aliphatic carbocycles. The topological polar surface area (TPSA) is 21.1 Å². The molecule has 13 heavy (non-hydrogen) atoms. The van der Waals surface area contributed by atoms with E-state index in [2.05, 4.69) is 35.3 Å². The average molecular weight is 179 g/mol. The molecule has 0 radical (unpaired) electrons. The summed E-state index contributed by atoms with van der Waals surface area (Å²) in [5, 5.41) is 0. The van der Waals surface area contributed by atoms with E-state index in [9.17, 15) is 0 Å². The van der Waals surface area contributed by atoms with Gasteiger partial charge in [0.05, 0.1) is 5.69 Å². The highest BCUT2D eigenvalue weighted by Crippen LogP contribution is 2.13. The first kappa shape index (κ1) is 8.75. The molecule has 0 unspecified atom stereocenters. The fraction of sp³-hybridized carbons (Fsp3) is 0.700. The van der Waals surface area contributed by atoms with Crippen LogP contribution in [-0.2, 0) is 13.0 Å². The zero-order valence-corrected chi connectivity index (χ0v) is 8.67. The maximum atomic E-state index is 4.58. The molecule has 2 heterocycles. The Morgan fingerprint density at radius 2 is 1.92 bits per heavy atom. The lowest BCUT2D eigenvalue weighted by atomic mass is 10.4. The summed E-state index contributed by atoms with van der Waals surface area (Å²) in [5.41, 5.74) is 2.53. The zero-order valence-electron chi connectivity index (χ0n) is 8.67. The number of nitrogens with zero attached hydrogens (tertiary/aromatic N) is 3. The van der Waals surface area contributed by atoms with E-state index in [1.165, 1.54) is 17.2 Å². The number of hydrogen-bond acceptors (Lipinski definition) is 2. The van der Waals surface area contributed by atoms with Gasteiger partial charge in [0.1, 0.15) is 5.82 Å². The van der Waals surface area contributed by atoms with Crippen molar-refractivity contribution in [1.29, 1.82) is 0 Å². The van der Waals surface area contributed by atoms with Gasteiger partial charge in [-0.1, -0.05) is 0 Å². The molecule has 0 saturated carbocycles. The molecule has 0 bridgehead atoms. The molecule has 0 saturated heterocycles. The molecule has 0 fully saturated rings. The normalized spacial score (nSPS) is 18.4. The molecule has 72 valence electrons. The Morgan fingerprint density at radius 1 is 1.15 bits per heavy atom. The molecular weight excluding hydrogens is 162 g/mol. The van der Waals surface area contributed by atoms with E-state index in [1.54, 1.807) is 0 Å². The highest BCUT2D eigenvalue weighted by molar-refractivity contribution is 5.15. The van der Waals surface area contributed by atoms with Crippen molar-refractivity contribution >= 4 is 0 Å². The van der Waals surface area contributed by atoms with E-state index in [1.807, 2.05) is 0 Å². The first-order chi connectivity index (χ1) is 6.18. The van der Waals surface area contributed by atoms with Crippen molar-refractivity contribution in [2.24, 2.45) is 0 Å². The number of aryl methyl sites for hydroxylation is 1. The lowest BCUT2D eigenvalue weighted by Crippen LogP contribution is -2.21. The average Bonchev–Trinajstić information content (AvgIpc) is 2.28. The Hall–Kier alpha value is -0.830. The second-order valence-electron chi connectivity index (χ2n) is 3.90. The van der Waals surface area contributed by atoms with E-state index < -0.39 is 0 Å². The standard InChI is InChI=1S/C10H17N3/c1-8-9(2)13-7-6-12(3)5-4-10(13)11-8/h4-7H2,1-3H3. The Labute approximate surface area is 79.4 Å². The van der Waals surface area contributed by atoms with Gasteiger partial charge in [0.25, 0.3) is 0 Å². The fourth-order valence-electron chi connectivity index (χ4n) is 1.88. The monoisotopic (exact) mass is 179 g/mol. The Bertz CT molecular complexity index is 314. The van der Waals surface area contributed by atoms with Crippen LogP contribution in [0.1, 0.15) is 17.2 Å².